The van der Waals surface area contributed by atoms with Crippen molar-refractivity contribution in [2.24, 2.45) is 0 Å². The van der Waals surface area contributed by atoms with Crippen molar-refractivity contribution in [3.8, 4) is 0 Å². The van der Waals surface area contributed by atoms with Crippen LogP contribution in [0, 0.1) is 6.92 Å². The zero-order valence-electron chi connectivity index (χ0n) is 9.01. The van der Waals surface area contributed by atoms with Crippen LogP contribution in [0.4, 0.5) is 0 Å². The molecule has 1 atom stereocenters. The van der Waals surface area contributed by atoms with E-state index < -0.39 is 6.10 Å². The highest BCUT2D eigenvalue weighted by Gasteiger charge is 2.02. The topological polar surface area (TPSA) is 69.6 Å². The lowest BCUT2D eigenvalue weighted by molar-refractivity contribution is -0.117. The summed E-state index contributed by atoms with van der Waals surface area (Å²) in [7, 11) is 0. The molecule has 0 radical (unpaired) electrons. The molecule has 1 heterocycles. The molecule has 0 aromatic carbocycles. The highest BCUT2D eigenvalue weighted by atomic mass is 32.1. The molecule has 0 aliphatic heterocycles. The van der Waals surface area contributed by atoms with E-state index in [9.17, 15) is 4.79 Å². The van der Waals surface area contributed by atoms with E-state index in [1.807, 2.05) is 19.1 Å². The summed E-state index contributed by atoms with van der Waals surface area (Å²) in [6, 6.07) is 3.92. The largest absolute Gasteiger partial charge is 0.394 e. The number of hydrogen-bond acceptors (Lipinski definition) is 4. The molecule has 0 fully saturated rings. The van der Waals surface area contributed by atoms with Crippen molar-refractivity contribution in [2.75, 3.05) is 13.2 Å². The maximum absolute atomic E-state index is 11.3. The number of aliphatic hydroxyl groups is 2. The molecule has 0 saturated carbocycles. The summed E-state index contributed by atoms with van der Waals surface area (Å²) in [5.41, 5.74) is 0. The molecule has 1 rings (SSSR count). The maximum atomic E-state index is 11.3. The number of carbonyl (C=O) groups is 1. The van der Waals surface area contributed by atoms with E-state index >= 15 is 0 Å². The average molecular weight is 241 g/mol. The number of hydrogen-bond donors (Lipinski definition) is 3. The van der Waals surface area contributed by atoms with Gasteiger partial charge >= 0.3 is 0 Å². The Kier molecular flexibility index (Phi) is 5.18. The molecule has 1 amide bonds. The first-order valence-corrected chi connectivity index (χ1v) is 5.74. The average Bonchev–Trinajstić information content (AvgIpc) is 2.69. The molecule has 1 aromatic heterocycles. The van der Waals surface area contributed by atoms with Gasteiger partial charge in [-0.3, -0.25) is 4.79 Å². The van der Waals surface area contributed by atoms with E-state index in [0.717, 1.165) is 4.88 Å². The number of amides is 1. The van der Waals surface area contributed by atoms with Gasteiger partial charge in [-0.15, -0.1) is 11.3 Å². The number of aryl methyl sites for hydroxylation is 1. The van der Waals surface area contributed by atoms with Gasteiger partial charge in [0, 0.05) is 22.4 Å². The van der Waals surface area contributed by atoms with Crippen LogP contribution in [0.2, 0.25) is 0 Å². The molecule has 1 unspecified atom stereocenters. The number of aliphatic hydroxyl groups excluding tert-OH is 2. The summed E-state index contributed by atoms with van der Waals surface area (Å²) < 4.78 is 0. The van der Waals surface area contributed by atoms with Crippen molar-refractivity contribution in [3.05, 3.63) is 28.0 Å². The van der Waals surface area contributed by atoms with Gasteiger partial charge in [0.05, 0.1) is 12.7 Å². The van der Waals surface area contributed by atoms with Crippen molar-refractivity contribution in [3.63, 3.8) is 0 Å². The van der Waals surface area contributed by atoms with Crippen LogP contribution < -0.4 is 5.32 Å². The number of rotatable bonds is 5. The second-order valence-corrected chi connectivity index (χ2v) is 4.68. The lowest BCUT2D eigenvalue weighted by Gasteiger charge is -2.06. The van der Waals surface area contributed by atoms with Gasteiger partial charge in [0.2, 0.25) is 5.91 Å². The van der Waals surface area contributed by atoms with Crippen LogP contribution in [0.25, 0.3) is 6.08 Å². The fourth-order valence-corrected chi connectivity index (χ4v) is 1.82. The first-order chi connectivity index (χ1) is 7.61. The van der Waals surface area contributed by atoms with E-state index in [-0.39, 0.29) is 19.1 Å². The normalized spacial score (nSPS) is 12.9. The highest BCUT2D eigenvalue weighted by molar-refractivity contribution is 7.12. The molecule has 0 saturated heterocycles. The van der Waals surface area contributed by atoms with Crippen LogP contribution in [0.5, 0.6) is 0 Å². The molecule has 1 aromatic rings. The molecule has 5 heteroatoms. The summed E-state index contributed by atoms with van der Waals surface area (Å²) >= 11 is 1.60. The van der Waals surface area contributed by atoms with E-state index in [0.29, 0.717) is 0 Å². The molecule has 88 valence electrons. The SMILES string of the molecule is Cc1ccc(C=CC(=O)NCC(O)CO)s1. The van der Waals surface area contributed by atoms with Gasteiger partial charge in [-0.25, -0.2) is 0 Å². The van der Waals surface area contributed by atoms with E-state index in [4.69, 9.17) is 10.2 Å². The number of carbonyl (C=O) groups excluding carboxylic acids is 1. The fraction of sp³-hybridized carbons (Fsp3) is 0.364. The van der Waals surface area contributed by atoms with Gasteiger partial charge < -0.3 is 15.5 Å². The van der Waals surface area contributed by atoms with E-state index in [1.54, 1.807) is 17.4 Å². The van der Waals surface area contributed by atoms with E-state index in [1.165, 1.54) is 11.0 Å². The van der Waals surface area contributed by atoms with Crippen molar-refractivity contribution in [1.82, 2.24) is 5.32 Å². The lowest BCUT2D eigenvalue weighted by atomic mass is 10.3. The fourth-order valence-electron chi connectivity index (χ4n) is 1.04. The lowest BCUT2D eigenvalue weighted by Crippen LogP contribution is -2.32. The summed E-state index contributed by atoms with van der Waals surface area (Å²) in [4.78, 5) is 13.5. The van der Waals surface area contributed by atoms with Crippen LogP contribution in [0.3, 0.4) is 0 Å². The maximum Gasteiger partial charge on any atom is 0.244 e. The molecular formula is C11H15NO3S. The third-order valence-electron chi connectivity index (χ3n) is 1.88. The molecule has 0 aliphatic carbocycles. The third kappa shape index (κ3) is 4.57. The van der Waals surface area contributed by atoms with Gasteiger partial charge in [0.1, 0.15) is 0 Å². The predicted molar refractivity (Wildman–Crippen MR) is 64.2 cm³/mol. The second kappa shape index (κ2) is 6.42. The van der Waals surface area contributed by atoms with Gasteiger partial charge in [-0.1, -0.05) is 0 Å². The third-order valence-corrected chi connectivity index (χ3v) is 2.85. The first kappa shape index (κ1) is 12.9. The van der Waals surface area contributed by atoms with Gasteiger partial charge in [0.15, 0.2) is 0 Å². The first-order valence-electron chi connectivity index (χ1n) is 4.93. The molecule has 0 aliphatic rings. The standard InChI is InChI=1S/C11H15NO3S/c1-8-2-3-10(16-8)4-5-11(15)12-6-9(14)7-13/h2-5,9,13-14H,6-7H2,1H3,(H,12,15). The molecule has 0 spiro atoms. The van der Waals surface area contributed by atoms with Crippen LogP contribution in [0.1, 0.15) is 9.75 Å². The highest BCUT2D eigenvalue weighted by Crippen LogP contribution is 2.16. The molecular weight excluding hydrogens is 226 g/mol. The molecule has 4 nitrogen and oxygen atoms in total. The van der Waals surface area contributed by atoms with Crippen molar-refractivity contribution in [1.29, 1.82) is 0 Å². The smallest absolute Gasteiger partial charge is 0.244 e. The number of thiophene rings is 1. The minimum Gasteiger partial charge on any atom is -0.394 e. The van der Waals surface area contributed by atoms with Gasteiger partial charge in [-0.05, 0) is 25.1 Å². The van der Waals surface area contributed by atoms with Crippen LogP contribution >= 0.6 is 11.3 Å². The Morgan fingerprint density at radius 1 is 1.62 bits per heavy atom. The van der Waals surface area contributed by atoms with Crippen LogP contribution in [-0.2, 0) is 4.79 Å². The van der Waals surface area contributed by atoms with Crippen molar-refractivity contribution < 1.29 is 15.0 Å². The summed E-state index contributed by atoms with van der Waals surface area (Å²) in [5, 5.41) is 20.0. The summed E-state index contributed by atoms with van der Waals surface area (Å²) in [5.74, 6) is -0.279. The Morgan fingerprint density at radius 3 is 2.94 bits per heavy atom. The summed E-state index contributed by atoms with van der Waals surface area (Å²) in [6.45, 7) is 1.71. The Hall–Kier alpha value is -1.17. The van der Waals surface area contributed by atoms with Gasteiger partial charge in [-0.2, -0.15) is 0 Å². The zero-order valence-corrected chi connectivity index (χ0v) is 9.83. The van der Waals surface area contributed by atoms with Crippen molar-refractivity contribution >= 4 is 23.3 Å². The zero-order chi connectivity index (χ0) is 12.0. The van der Waals surface area contributed by atoms with Crippen molar-refractivity contribution in [2.45, 2.75) is 13.0 Å². The molecule has 16 heavy (non-hydrogen) atoms. The Balaban J connectivity index is 2.36. The number of nitrogens with one attached hydrogen (secondary N) is 1. The van der Waals surface area contributed by atoms with E-state index in [2.05, 4.69) is 5.32 Å². The second-order valence-electron chi connectivity index (χ2n) is 3.36. The van der Waals surface area contributed by atoms with Gasteiger partial charge in [0.25, 0.3) is 0 Å². The molecule has 3 N–H and O–H groups in total. The van der Waals surface area contributed by atoms with Crippen LogP contribution in [-0.4, -0.2) is 35.4 Å². The molecule has 0 bridgehead atoms. The minimum absolute atomic E-state index is 0.0587. The Labute approximate surface area is 98.2 Å². The Bertz CT molecular complexity index is 373. The monoisotopic (exact) mass is 241 g/mol. The minimum atomic E-state index is -0.902. The summed E-state index contributed by atoms with van der Waals surface area (Å²) in [6.07, 6.45) is 2.23. The van der Waals surface area contributed by atoms with Crippen LogP contribution in [0.15, 0.2) is 18.2 Å². The quantitative estimate of drug-likeness (QED) is 0.659. The Morgan fingerprint density at radius 2 is 2.38 bits per heavy atom. The predicted octanol–water partition coefficient (Wildman–Crippen LogP) is 0.539.